The Morgan fingerprint density at radius 1 is 1.52 bits per heavy atom. The maximum Gasteiger partial charge on any atom is 0.310 e. The van der Waals surface area contributed by atoms with Gasteiger partial charge in [-0.3, -0.25) is 4.79 Å². The van der Waals surface area contributed by atoms with Crippen LogP contribution in [0.2, 0.25) is 0 Å². The highest BCUT2D eigenvalue weighted by Crippen LogP contribution is 2.37. The van der Waals surface area contributed by atoms with Crippen molar-refractivity contribution in [1.29, 1.82) is 0 Å². The normalized spacial score (nSPS) is 20.4. The molecular formula is C12H15Br2NO4S2. The van der Waals surface area contributed by atoms with Crippen LogP contribution in [0, 0.1) is 5.92 Å². The van der Waals surface area contributed by atoms with Crippen LogP contribution < -0.4 is 0 Å². The molecule has 0 spiro atoms. The van der Waals surface area contributed by atoms with Crippen molar-refractivity contribution in [3.05, 3.63) is 14.3 Å². The Balaban J connectivity index is 2.18. The first kappa shape index (κ1) is 17.4. The molecule has 1 atom stereocenters. The highest BCUT2D eigenvalue weighted by atomic mass is 79.9. The van der Waals surface area contributed by atoms with E-state index in [4.69, 9.17) is 4.74 Å². The minimum atomic E-state index is -3.56. The summed E-state index contributed by atoms with van der Waals surface area (Å²) in [6, 6.07) is 1.58. The lowest BCUT2D eigenvalue weighted by Crippen LogP contribution is -2.42. The number of halogens is 2. The van der Waals surface area contributed by atoms with E-state index in [1.54, 1.807) is 13.0 Å². The third kappa shape index (κ3) is 3.87. The van der Waals surface area contributed by atoms with Gasteiger partial charge in [0.1, 0.15) is 4.21 Å². The SMILES string of the molecule is CCOC(=O)C1CCCN(S(=O)(=O)c2cc(Br)c(Br)s2)C1. The molecule has 1 aliphatic heterocycles. The van der Waals surface area contributed by atoms with Crippen molar-refractivity contribution in [3.8, 4) is 0 Å². The second-order valence-electron chi connectivity index (χ2n) is 4.64. The molecule has 1 fully saturated rings. The van der Waals surface area contributed by atoms with Gasteiger partial charge in [-0.25, -0.2) is 8.42 Å². The molecule has 2 rings (SSSR count). The summed E-state index contributed by atoms with van der Waals surface area (Å²) in [5.41, 5.74) is 0. The van der Waals surface area contributed by atoms with Crippen molar-refractivity contribution < 1.29 is 17.9 Å². The van der Waals surface area contributed by atoms with Gasteiger partial charge in [-0.05, 0) is 57.7 Å². The predicted molar refractivity (Wildman–Crippen MR) is 87.8 cm³/mol. The molecule has 1 aliphatic rings. The van der Waals surface area contributed by atoms with Gasteiger partial charge in [0, 0.05) is 17.6 Å². The summed E-state index contributed by atoms with van der Waals surface area (Å²) < 4.78 is 33.3. The highest BCUT2D eigenvalue weighted by Gasteiger charge is 2.35. The average Bonchev–Trinajstić information content (AvgIpc) is 2.80. The molecule has 1 aromatic heterocycles. The molecule has 21 heavy (non-hydrogen) atoms. The van der Waals surface area contributed by atoms with E-state index in [0.29, 0.717) is 30.5 Å². The van der Waals surface area contributed by atoms with Gasteiger partial charge >= 0.3 is 5.97 Å². The van der Waals surface area contributed by atoms with Crippen LogP contribution >= 0.6 is 43.2 Å². The van der Waals surface area contributed by atoms with Gasteiger partial charge in [0.05, 0.1) is 16.3 Å². The summed E-state index contributed by atoms with van der Waals surface area (Å²) in [7, 11) is -3.56. The second-order valence-corrected chi connectivity index (χ2v) is 10.0. The smallest absolute Gasteiger partial charge is 0.310 e. The Morgan fingerprint density at radius 2 is 2.24 bits per heavy atom. The van der Waals surface area contributed by atoms with E-state index in [-0.39, 0.29) is 22.6 Å². The van der Waals surface area contributed by atoms with Gasteiger partial charge in [-0.2, -0.15) is 4.31 Å². The lowest BCUT2D eigenvalue weighted by molar-refractivity contribution is -0.149. The third-order valence-electron chi connectivity index (χ3n) is 3.22. The van der Waals surface area contributed by atoms with E-state index in [9.17, 15) is 13.2 Å². The molecule has 9 heteroatoms. The predicted octanol–water partition coefficient (Wildman–Crippen LogP) is 3.24. The molecule has 1 unspecified atom stereocenters. The molecule has 0 aliphatic carbocycles. The Morgan fingerprint density at radius 3 is 2.81 bits per heavy atom. The fraction of sp³-hybridized carbons (Fsp3) is 0.583. The van der Waals surface area contributed by atoms with Crippen LogP contribution in [0.15, 0.2) is 18.5 Å². The van der Waals surface area contributed by atoms with E-state index >= 15 is 0 Å². The van der Waals surface area contributed by atoms with Gasteiger partial charge in [0.2, 0.25) is 0 Å². The molecule has 0 N–H and O–H groups in total. The minimum absolute atomic E-state index is 0.189. The first-order valence-corrected chi connectivity index (χ1v) is 10.3. The molecule has 1 saturated heterocycles. The van der Waals surface area contributed by atoms with Gasteiger partial charge in [-0.15, -0.1) is 11.3 Å². The topological polar surface area (TPSA) is 63.7 Å². The molecule has 118 valence electrons. The lowest BCUT2D eigenvalue weighted by Gasteiger charge is -2.30. The summed E-state index contributed by atoms with van der Waals surface area (Å²) in [5.74, 6) is -0.689. The van der Waals surface area contributed by atoms with Crippen LogP contribution in [0.25, 0.3) is 0 Å². The average molecular weight is 461 g/mol. The molecule has 0 bridgehead atoms. The number of hydrogen-bond acceptors (Lipinski definition) is 5. The van der Waals surface area contributed by atoms with Crippen molar-refractivity contribution in [2.24, 2.45) is 5.92 Å². The van der Waals surface area contributed by atoms with Gasteiger partial charge < -0.3 is 4.74 Å². The van der Waals surface area contributed by atoms with Crippen molar-refractivity contribution in [1.82, 2.24) is 4.31 Å². The van der Waals surface area contributed by atoms with Crippen molar-refractivity contribution in [3.63, 3.8) is 0 Å². The number of hydrogen-bond donors (Lipinski definition) is 0. The molecule has 0 saturated carbocycles. The number of rotatable bonds is 4. The maximum atomic E-state index is 12.6. The Hall–Kier alpha value is 0.0400. The summed E-state index contributed by atoms with van der Waals surface area (Å²) >= 11 is 7.76. The number of thiophene rings is 1. The number of nitrogens with zero attached hydrogens (tertiary/aromatic N) is 1. The standard InChI is InChI=1S/C12H15Br2NO4S2/c1-2-19-12(16)8-4-3-5-15(7-8)21(17,18)10-6-9(13)11(14)20-10/h6,8H,2-5,7H2,1H3. The number of esters is 1. The summed E-state index contributed by atoms with van der Waals surface area (Å²) in [6.45, 7) is 2.68. The highest BCUT2D eigenvalue weighted by molar-refractivity contribution is 9.13. The molecule has 5 nitrogen and oxygen atoms in total. The van der Waals surface area contributed by atoms with Crippen LogP contribution in [0.5, 0.6) is 0 Å². The van der Waals surface area contributed by atoms with E-state index in [1.165, 1.54) is 4.31 Å². The lowest BCUT2D eigenvalue weighted by atomic mass is 10.0. The van der Waals surface area contributed by atoms with Crippen LogP contribution in [0.3, 0.4) is 0 Å². The fourth-order valence-electron chi connectivity index (χ4n) is 2.19. The number of ether oxygens (including phenoxy) is 1. The van der Waals surface area contributed by atoms with Crippen molar-refractivity contribution in [2.75, 3.05) is 19.7 Å². The zero-order chi connectivity index (χ0) is 15.6. The number of carbonyl (C=O) groups is 1. The first-order chi connectivity index (χ1) is 9.86. The van der Waals surface area contributed by atoms with Gasteiger partial charge in [0.25, 0.3) is 10.0 Å². The zero-order valence-corrected chi connectivity index (χ0v) is 16.1. The van der Waals surface area contributed by atoms with Gasteiger partial charge in [-0.1, -0.05) is 0 Å². The van der Waals surface area contributed by atoms with Crippen LogP contribution in [0.4, 0.5) is 0 Å². The summed E-state index contributed by atoms with van der Waals surface area (Å²) in [6.07, 6.45) is 1.33. The number of carbonyl (C=O) groups excluding carboxylic acids is 1. The van der Waals surface area contributed by atoms with Crippen LogP contribution in [-0.2, 0) is 19.6 Å². The van der Waals surface area contributed by atoms with E-state index < -0.39 is 10.0 Å². The Labute approximate surface area is 145 Å². The summed E-state index contributed by atoms with van der Waals surface area (Å²) in [4.78, 5) is 11.8. The quantitative estimate of drug-likeness (QED) is 0.647. The minimum Gasteiger partial charge on any atom is -0.466 e. The van der Waals surface area contributed by atoms with Crippen molar-refractivity contribution in [2.45, 2.75) is 24.0 Å². The monoisotopic (exact) mass is 459 g/mol. The maximum absolute atomic E-state index is 12.6. The Kier molecular flexibility index (Phi) is 5.86. The third-order valence-corrected chi connectivity index (χ3v) is 8.79. The molecule has 2 heterocycles. The molecule has 0 amide bonds. The van der Waals surface area contributed by atoms with Crippen molar-refractivity contribution >= 4 is 59.2 Å². The molecule has 0 radical (unpaired) electrons. The molecule has 0 aromatic carbocycles. The van der Waals surface area contributed by atoms with Crippen LogP contribution in [-0.4, -0.2) is 38.4 Å². The summed E-state index contributed by atoms with van der Waals surface area (Å²) in [5, 5.41) is 0. The largest absolute Gasteiger partial charge is 0.466 e. The second kappa shape index (κ2) is 7.08. The molecular weight excluding hydrogens is 446 g/mol. The zero-order valence-electron chi connectivity index (χ0n) is 11.3. The van der Waals surface area contributed by atoms with Gasteiger partial charge in [0.15, 0.2) is 0 Å². The molecule has 1 aromatic rings. The Bertz CT molecular complexity index is 610. The van der Waals surface area contributed by atoms with E-state index in [2.05, 4.69) is 31.9 Å². The number of piperidine rings is 1. The van der Waals surface area contributed by atoms with E-state index in [1.807, 2.05) is 0 Å². The van der Waals surface area contributed by atoms with Crippen LogP contribution in [0.1, 0.15) is 19.8 Å². The van der Waals surface area contributed by atoms with E-state index in [0.717, 1.165) is 15.1 Å². The first-order valence-electron chi connectivity index (χ1n) is 6.48. The fourth-order valence-corrected chi connectivity index (χ4v) is 6.69. The number of sulfonamides is 1.